The van der Waals surface area contributed by atoms with E-state index in [-0.39, 0.29) is 18.8 Å². The Balaban J connectivity index is 2.40. The molecule has 0 saturated heterocycles. The van der Waals surface area contributed by atoms with Crippen LogP contribution in [0.2, 0.25) is 0 Å². The topological polar surface area (TPSA) is 99.9 Å². The van der Waals surface area contributed by atoms with Gasteiger partial charge in [0, 0.05) is 13.6 Å². The van der Waals surface area contributed by atoms with Crippen molar-refractivity contribution in [2.75, 3.05) is 20.1 Å². The number of nitrogens with one attached hydrogen (secondary N) is 1. The van der Waals surface area contributed by atoms with E-state index in [1.54, 1.807) is 6.07 Å². The van der Waals surface area contributed by atoms with Crippen molar-refractivity contribution in [3.63, 3.8) is 0 Å². The average molecular weight is 268 g/mol. The molecule has 0 aromatic carbocycles. The summed E-state index contributed by atoms with van der Waals surface area (Å²) in [5.74, 6) is -2.34. The molecule has 7 heteroatoms. The van der Waals surface area contributed by atoms with Gasteiger partial charge in [0.15, 0.2) is 5.76 Å². The van der Waals surface area contributed by atoms with Crippen molar-refractivity contribution >= 4 is 17.8 Å². The van der Waals surface area contributed by atoms with E-state index in [1.807, 2.05) is 0 Å². The van der Waals surface area contributed by atoms with Crippen molar-refractivity contribution < 1.29 is 23.9 Å². The number of aliphatic carboxylic acids is 1. The number of carbonyl (C=O) groups is 3. The van der Waals surface area contributed by atoms with Gasteiger partial charge >= 0.3 is 5.97 Å². The number of nitrogens with zero attached hydrogens (tertiary/aromatic N) is 1. The Morgan fingerprint density at radius 2 is 2.16 bits per heavy atom. The molecule has 1 atom stereocenters. The second-order valence-electron chi connectivity index (χ2n) is 4.18. The predicted octanol–water partition coefficient (Wildman–Crippen LogP) is 0.188. The van der Waals surface area contributed by atoms with Crippen LogP contribution < -0.4 is 5.32 Å². The van der Waals surface area contributed by atoms with Crippen molar-refractivity contribution in [1.29, 1.82) is 0 Å². The van der Waals surface area contributed by atoms with Gasteiger partial charge in [0.25, 0.3) is 5.91 Å². The molecule has 0 aliphatic carbocycles. The van der Waals surface area contributed by atoms with E-state index in [9.17, 15) is 14.4 Å². The molecule has 1 aromatic rings. The first-order valence-electron chi connectivity index (χ1n) is 5.70. The summed E-state index contributed by atoms with van der Waals surface area (Å²) in [7, 11) is 1.46. The van der Waals surface area contributed by atoms with Crippen LogP contribution in [0, 0.1) is 5.92 Å². The lowest BCUT2D eigenvalue weighted by Crippen LogP contribution is -2.40. The molecule has 0 fully saturated rings. The van der Waals surface area contributed by atoms with Gasteiger partial charge in [-0.25, -0.2) is 0 Å². The van der Waals surface area contributed by atoms with Crippen LogP contribution in [0.3, 0.4) is 0 Å². The molecule has 1 unspecified atom stereocenters. The first-order valence-corrected chi connectivity index (χ1v) is 5.70. The molecule has 1 heterocycles. The Labute approximate surface area is 110 Å². The zero-order chi connectivity index (χ0) is 14.4. The summed E-state index contributed by atoms with van der Waals surface area (Å²) in [6.45, 7) is 1.35. The summed E-state index contributed by atoms with van der Waals surface area (Å²) in [6.07, 6.45) is 1.37. The Morgan fingerprint density at radius 3 is 2.68 bits per heavy atom. The molecule has 0 spiro atoms. The third-order valence-electron chi connectivity index (χ3n) is 2.49. The van der Waals surface area contributed by atoms with Crippen molar-refractivity contribution in [3.05, 3.63) is 24.2 Å². The molecule has 1 rings (SSSR count). The fourth-order valence-corrected chi connectivity index (χ4v) is 1.29. The standard InChI is InChI=1S/C12H16N2O5/c1-8(12(17)18)6-13-10(15)7-14(2)11(16)9-4-3-5-19-9/h3-5,8H,6-7H2,1-2H3,(H,13,15)(H,17,18). The Kier molecular flexibility index (Phi) is 5.11. The SMILES string of the molecule is CC(CNC(=O)CN(C)C(=O)c1ccco1)C(=O)O. The van der Waals surface area contributed by atoms with E-state index in [0.29, 0.717) is 0 Å². The zero-order valence-corrected chi connectivity index (χ0v) is 10.8. The van der Waals surface area contributed by atoms with Gasteiger partial charge in [-0.05, 0) is 12.1 Å². The highest BCUT2D eigenvalue weighted by Crippen LogP contribution is 2.03. The molecule has 0 saturated carbocycles. The van der Waals surface area contributed by atoms with Crippen LogP contribution in [0.4, 0.5) is 0 Å². The second-order valence-corrected chi connectivity index (χ2v) is 4.18. The lowest BCUT2D eigenvalue weighted by atomic mass is 10.2. The van der Waals surface area contributed by atoms with Crippen LogP contribution in [0.5, 0.6) is 0 Å². The average Bonchev–Trinajstić information content (AvgIpc) is 2.88. The minimum atomic E-state index is -0.986. The van der Waals surface area contributed by atoms with Gasteiger partial charge in [-0.1, -0.05) is 6.92 Å². The van der Waals surface area contributed by atoms with E-state index in [1.165, 1.54) is 31.2 Å². The summed E-state index contributed by atoms with van der Waals surface area (Å²) in [5.41, 5.74) is 0. The molecule has 0 aliphatic rings. The molecule has 2 N–H and O–H groups in total. The van der Waals surface area contributed by atoms with Crippen molar-refractivity contribution in [2.45, 2.75) is 6.92 Å². The maximum absolute atomic E-state index is 11.7. The van der Waals surface area contributed by atoms with Crippen LogP contribution in [-0.4, -0.2) is 47.9 Å². The summed E-state index contributed by atoms with van der Waals surface area (Å²) in [4.78, 5) is 35.0. The van der Waals surface area contributed by atoms with E-state index in [4.69, 9.17) is 9.52 Å². The summed E-state index contributed by atoms with van der Waals surface area (Å²) in [5, 5.41) is 11.1. The van der Waals surface area contributed by atoms with Gasteiger partial charge in [0.05, 0.1) is 18.7 Å². The number of furan rings is 1. The van der Waals surface area contributed by atoms with Gasteiger partial charge < -0.3 is 19.7 Å². The normalized spacial score (nSPS) is 11.7. The van der Waals surface area contributed by atoms with Crippen LogP contribution in [-0.2, 0) is 9.59 Å². The molecular weight excluding hydrogens is 252 g/mol. The van der Waals surface area contributed by atoms with E-state index < -0.39 is 23.7 Å². The minimum Gasteiger partial charge on any atom is -0.481 e. The molecule has 1 aromatic heterocycles. The number of likely N-dealkylation sites (N-methyl/N-ethyl adjacent to an activating group) is 1. The Bertz CT molecular complexity index is 455. The second kappa shape index (κ2) is 6.58. The highest BCUT2D eigenvalue weighted by Gasteiger charge is 2.18. The molecular formula is C12H16N2O5. The number of amides is 2. The van der Waals surface area contributed by atoms with Gasteiger partial charge in [-0.3, -0.25) is 14.4 Å². The molecule has 0 aliphatic heterocycles. The van der Waals surface area contributed by atoms with E-state index >= 15 is 0 Å². The highest BCUT2D eigenvalue weighted by atomic mass is 16.4. The first-order chi connectivity index (χ1) is 8.91. The van der Waals surface area contributed by atoms with Gasteiger partial charge in [-0.2, -0.15) is 0 Å². The van der Waals surface area contributed by atoms with E-state index in [2.05, 4.69) is 5.32 Å². The largest absolute Gasteiger partial charge is 0.481 e. The highest BCUT2D eigenvalue weighted by molar-refractivity contribution is 5.94. The fourth-order valence-electron chi connectivity index (χ4n) is 1.29. The van der Waals surface area contributed by atoms with Crippen LogP contribution >= 0.6 is 0 Å². The maximum Gasteiger partial charge on any atom is 0.308 e. The predicted molar refractivity (Wildman–Crippen MR) is 65.5 cm³/mol. The van der Waals surface area contributed by atoms with E-state index in [0.717, 1.165) is 0 Å². The fraction of sp³-hybridized carbons (Fsp3) is 0.417. The zero-order valence-electron chi connectivity index (χ0n) is 10.8. The van der Waals surface area contributed by atoms with Gasteiger partial charge in [0.1, 0.15) is 0 Å². The van der Waals surface area contributed by atoms with Crippen LogP contribution in [0.15, 0.2) is 22.8 Å². The monoisotopic (exact) mass is 268 g/mol. The number of carboxylic acids is 1. The lowest BCUT2D eigenvalue weighted by molar-refractivity contribution is -0.141. The quantitative estimate of drug-likeness (QED) is 0.767. The third-order valence-corrected chi connectivity index (χ3v) is 2.49. The molecule has 104 valence electrons. The molecule has 0 radical (unpaired) electrons. The Hall–Kier alpha value is -2.31. The number of hydrogen-bond acceptors (Lipinski definition) is 4. The number of rotatable bonds is 6. The first kappa shape index (κ1) is 14.7. The van der Waals surface area contributed by atoms with Crippen molar-refractivity contribution in [1.82, 2.24) is 10.2 Å². The van der Waals surface area contributed by atoms with Gasteiger partial charge in [-0.15, -0.1) is 0 Å². The van der Waals surface area contributed by atoms with Crippen molar-refractivity contribution in [2.24, 2.45) is 5.92 Å². The van der Waals surface area contributed by atoms with Gasteiger partial charge in [0.2, 0.25) is 5.91 Å². The number of carbonyl (C=O) groups excluding carboxylic acids is 2. The smallest absolute Gasteiger partial charge is 0.308 e. The molecule has 2 amide bonds. The van der Waals surface area contributed by atoms with Crippen molar-refractivity contribution in [3.8, 4) is 0 Å². The van der Waals surface area contributed by atoms with Crippen LogP contribution in [0.1, 0.15) is 17.5 Å². The summed E-state index contributed by atoms with van der Waals surface area (Å²) >= 11 is 0. The lowest BCUT2D eigenvalue weighted by Gasteiger charge is -2.16. The minimum absolute atomic E-state index is 0.0248. The summed E-state index contributed by atoms with van der Waals surface area (Å²) in [6, 6.07) is 3.08. The number of carboxylic acid groups (broad SMARTS) is 1. The molecule has 7 nitrogen and oxygen atoms in total. The molecule has 0 bridgehead atoms. The Morgan fingerprint density at radius 1 is 1.47 bits per heavy atom. The molecule has 19 heavy (non-hydrogen) atoms. The van der Waals surface area contributed by atoms with Crippen LogP contribution in [0.25, 0.3) is 0 Å². The number of hydrogen-bond donors (Lipinski definition) is 2. The third kappa shape index (κ3) is 4.46. The maximum atomic E-state index is 11.7. The summed E-state index contributed by atoms with van der Waals surface area (Å²) < 4.78 is 4.93.